The van der Waals surface area contributed by atoms with Crippen molar-refractivity contribution < 1.29 is 9.45 Å². The number of hydrogen-bond donors (Lipinski definition) is 1. The van der Waals surface area contributed by atoms with E-state index < -0.39 is 5.82 Å². The Morgan fingerprint density at radius 1 is 1.53 bits per heavy atom. The molecule has 0 heterocycles. The number of diazo groups is 1. The van der Waals surface area contributed by atoms with E-state index in [2.05, 4.69) is 4.98 Å². The molecule has 1 aromatic rings. The summed E-state index contributed by atoms with van der Waals surface area (Å²) < 4.78 is 4.71. The minimum absolute atomic E-state index is 0.252. The minimum Gasteiger partial charge on any atom is -0.555 e. The molecule has 0 amide bonds. The monoisotopic (exact) mass is 229 g/mol. The van der Waals surface area contributed by atoms with Crippen molar-refractivity contribution in [2.45, 2.75) is 12.2 Å². The summed E-state index contributed by atoms with van der Waals surface area (Å²) in [6.07, 6.45) is 1.21. The zero-order valence-electron chi connectivity index (χ0n) is 9.24. The van der Waals surface area contributed by atoms with Crippen LogP contribution in [0.15, 0.2) is 30.3 Å². The van der Waals surface area contributed by atoms with Crippen molar-refractivity contribution in [3.05, 3.63) is 40.9 Å². The molecule has 17 heavy (non-hydrogen) atoms. The molecule has 1 radical (unpaired) electrons. The summed E-state index contributed by atoms with van der Waals surface area (Å²) >= 11 is 0. The molecule has 0 aromatic heterocycles. The number of carbonyl (C=O) groups is 1. The van der Waals surface area contributed by atoms with Gasteiger partial charge in [-0.25, -0.2) is 0 Å². The van der Waals surface area contributed by atoms with E-state index in [0.717, 1.165) is 12.0 Å². The normalized spacial score (nSPS) is 11.0. The second-order valence-electron chi connectivity index (χ2n) is 3.45. The van der Waals surface area contributed by atoms with Crippen LogP contribution in [0.3, 0.4) is 0 Å². The Labute approximate surface area is 100 Å². The second kappa shape index (κ2) is 7.17. The molecule has 85 valence electrons. The average molecular weight is 229 g/mol. The summed E-state index contributed by atoms with van der Waals surface area (Å²) in [4.78, 5) is 14.4. The molecule has 1 N–H and O–H groups in total. The number of benzene rings is 1. The smallest absolute Gasteiger partial charge is 0.382 e. The molecular formula is C11H12BN3O2+. The molecule has 0 saturated heterocycles. The Morgan fingerprint density at radius 2 is 2.24 bits per heavy atom. The van der Waals surface area contributed by atoms with Gasteiger partial charge in [0.1, 0.15) is 11.4 Å². The van der Waals surface area contributed by atoms with Gasteiger partial charge in [-0.2, -0.15) is 0 Å². The van der Waals surface area contributed by atoms with Gasteiger partial charge < -0.3 is 4.65 Å². The number of hydrogen-bond acceptors (Lipinski definition) is 4. The lowest BCUT2D eigenvalue weighted by Crippen LogP contribution is -2.21. The van der Waals surface area contributed by atoms with Crippen molar-refractivity contribution in [1.82, 2.24) is 0 Å². The molecule has 6 heteroatoms. The lowest BCUT2D eigenvalue weighted by Gasteiger charge is -2.09. The van der Waals surface area contributed by atoms with Gasteiger partial charge in [0, 0.05) is 5.82 Å². The molecular weight excluding hydrogens is 217 g/mol. The summed E-state index contributed by atoms with van der Waals surface area (Å²) in [6, 6.07) is 9.44. The molecule has 1 rings (SSSR count). The van der Waals surface area contributed by atoms with Gasteiger partial charge in [-0.05, 0) is 12.0 Å². The van der Waals surface area contributed by atoms with E-state index in [4.69, 9.17) is 15.5 Å². The van der Waals surface area contributed by atoms with Crippen LogP contribution >= 0.6 is 0 Å². The second-order valence-corrected chi connectivity index (χ2v) is 3.45. The van der Waals surface area contributed by atoms with E-state index in [1.807, 2.05) is 30.3 Å². The summed E-state index contributed by atoms with van der Waals surface area (Å²) in [7, 11) is 1.29. The lowest BCUT2D eigenvalue weighted by molar-refractivity contribution is -0.117. The average Bonchev–Trinajstić information content (AvgIpc) is 2.36. The van der Waals surface area contributed by atoms with Crippen LogP contribution in [-0.2, 0) is 15.9 Å². The highest BCUT2D eigenvalue weighted by molar-refractivity contribution is 6.39. The summed E-state index contributed by atoms with van der Waals surface area (Å²) in [5, 5.41) is 15.1. The molecule has 0 fully saturated rings. The maximum Gasteiger partial charge on any atom is 0.382 e. The fraction of sp³-hybridized carbons (Fsp3) is 0.273. The number of nitrogens with zero attached hydrogens (tertiary/aromatic N) is 2. The summed E-state index contributed by atoms with van der Waals surface area (Å²) in [5.41, 5.74) is 0.980. The van der Waals surface area contributed by atoms with Gasteiger partial charge in [-0.1, -0.05) is 30.3 Å². The quantitative estimate of drug-likeness (QED) is 0.334. The molecule has 0 aliphatic carbocycles. The number of carbonyl (C=O) groups excluding carboxylic acids is 1. The third kappa shape index (κ3) is 4.47. The van der Waals surface area contributed by atoms with Gasteiger partial charge in [-0.3, -0.25) is 10.2 Å². The Balaban J connectivity index is 2.66. The first kappa shape index (κ1) is 12.9. The van der Waals surface area contributed by atoms with E-state index in [-0.39, 0.29) is 12.3 Å². The highest BCUT2D eigenvalue weighted by Crippen LogP contribution is 2.14. The standard InChI is InChI=1S/C11H12BN3O2/c13-8-17-12-10(11(16)7-15-14)6-9-4-2-1-3-5-9/h1-5,8,10,13H,6-7H2/q+1/t10-/m0/s1. The van der Waals surface area contributed by atoms with Crippen LogP contribution < -0.4 is 0 Å². The first-order valence-corrected chi connectivity index (χ1v) is 5.13. The van der Waals surface area contributed by atoms with E-state index in [0.29, 0.717) is 6.42 Å². The van der Waals surface area contributed by atoms with Crippen molar-refractivity contribution in [1.29, 1.82) is 10.8 Å². The predicted octanol–water partition coefficient (Wildman–Crippen LogP) is 1.68. The molecule has 5 nitrogen and oxygen atoms in total. The predicted molar refractivity (Wildman–Crippen MR) is 64.5 cm³/mol. The lowest BCUT2D eigenvalue weighted by atomic mass is 9.73. The maximum atomic E-state index is 11.6. The fourth-order valence-corrected chi connectivity index (χ4v) is 1.43. The van der Waals surface area contributed by atoms with Gasteiger partial charge in [0.05, 0.1) is 0 Å². The highest BCUT2D eigenvalue weighted by atomic mass is 16.4. The largest absolute Gasteiger partial charge is 0.555 e. The minimum atomic E-state index is -0.519. The van der Waals surface area contributed by atoms with Crippen LogP contribution in [0, 0.1) is 10.8 Å². The fourth-order valence-electron chi connectivity index (χ4n) is 1.43. The molecule has 0 aliphatic rings. The molecule has 1 aromatic carbocycles. The van der Waals surface area contributed by atoms with E-state index in [9.17, 15) is 4.79 Å². The maximum absolute atomic E-state index is 11.6. The van der Waals surface area contributed by atoms with Crippen molar-refractivity contribution in [3.63, 3.8) is 0 Å². The van der Waals surface area contributed by atoms with Crippen LogP contribution in [0.5, 0.6) is 0 Å². The third-order valence-corrected chi connectivity index (χ3v) is 2.25. The molecule has 0 bridgehead atoms. The molecule has 1 atom stereocenters. The molecule has 0 aliphatic heterocycles. The zero-order chi connectivity index (χ0) is 12.5. The Morgan fingerprint density at radius 3 is 2.82 bits per heavy atom. The molecule has 0 unspecified atom stereocenters. The van der Waals surface area contributed by atoms with E-state index >= 15 is 0 Å². The van der Waals surface area contributed by atoms with Gasteiger partial charge >= 0.3 is 14.0 Å². The summed E-state index contributed by atoms with van der Waals surface area (Å²) in [5.74, 6) is -0.770. The number of nitrogens with one attached hydrogen (secondary N) is 1. The number of ketones is 1. The van der Waals surface area contributed by atoms with Gasteiger partial charge in [0.2, 0.25) is 11.2 Å². The topological polar surface area (TPSA) is 78.3 Å². The Bertz CT molecular complexity index is 416. The number of rotatable bonds is 7. The first-order valence-electron chi connectivity index (χ1n) is 5.13. The highest BCUT2D eigenvalue weighted by Gasteiger charge is 2.26. The van der Waals surface area contributed by atoms with Gasteiger partial charge in [0.15, 0.2) is 0 Å². The van der Waals surface area contributed by atoms with Crippen LogP contribution in [-0.4, -0.2) is 26.2 Å². The number of Topliss-reactive ketones (excluding diaryl/α,β-unsaturated/α-hetero) is 1. The van der Waals surface area contributed by atoms with Crippen LogP contribution in [0.1, 0.15) is 5.56 Å². The van der Waals surface area contributed by atoms with Crippen molar-refractivity contribution in [2.75, 3.05) is 6.54 Å². The Hall–Kier alpha value is -2.16. The van der Waals surface area contributed by atoms with Gasteiger partial charge in [0.25, 0.3) is 0 Å². The van der Waals surface area contributed by atoms with Crippen LogP contribution in [0.4, 0.5) is 0 Å². The first-order chi connectivity index (χ1) is 8.27. The van der Waals surface area contributed by atoms with Gasteiger partial charge in [-0.15, -0.1) is 0 Å². The van der Waals surface area contributed by atoms with Crippen molar-refractivity contribution in [3.8, 4) is 0 Å². The van der Waals surface area contributed by atoms with Crippen LogP contribution in [0.2, 0.25) is 5.82 Å². The molecule has 0 saturated carbocycles. The van der Waals surface area contributed by atoms with E-state index in [1.54, 1.807) is 0 Å². The Kier molecular flexibility index (Phi) is 5.45. The zero-order valence-corrected chi connectivity index (χ0v) is 9.24. The summed E-state index contributed by atoms with van der Waals surface area (Å²) in [6.45, 7) is -0.268. The van der Waals surface area contributed by atoms with Crippen molar-refractivity contribution in [2.24, 2.45) is 0 Å². The third-order valence-electron chi connectivity index (χ3n) is 2.25. The van der Waals surface area contributed by atoms with Crippen molar-refractivity contribution >= 4 is 19.7 Å². The molecule has 0 spiro atoms. The SMILES string of the molecule is N#[N+]CC(=O)[C@@H]([B]OC=N)Cc1ccccc1. The van der Waals surface area contributed by atoms with E-state index in [1.165, 1.54) is 7.48 Å². The van der Waals surface area contributed by atoms with Crippen LogP contribution in [0.25, 0.3) is 4.98 Å².